The maximum absolute atomic E-state index is 13.7. The van der Waals surface area contributed by atoms with Gasteiger partial charge in [-0.05, 0) is 59.0 Å². The second-order valence-corrected chi connectivity index (χ2v) is 13.1. The maximum Gasteiger partial charge on any atom is 0.260 e. The van der Waals surface area contributed by atoms with Crippen LogP contribution in [-0.4, -0.2) is 73.6 Å². The van der Waals surface area contributed by atoms with Crippen molar-refractivity contribution in [2.75, 3.05) is 27.4 Å². The summed E-state index contributed by atoms with van der Waals surface area (Å²) in [6.45, 7) is 2.67. The number of carbonyl (C=O) groups excluding carboxylic acids is 2. The summed E-state index contributed by atoms with van der Waals surface area (Å²) in [7, 11) is 3.20. The molecule has 8 rings (SSSR count). The Hall–Kier alpha value is -6.16. The molecule has 4 aromatic rings. The van der Waals surface area contributed by atoms with Gasteiger partial charge in [0.05, 0.1) is 62.0 Å². The van der Waals surface area contributed by atoms with Crippen molar-refractivity contribution in [3.63, 3.8) is 0 Å². The van der Waals surface area contributed by atoms with Crippen LogP contribution in [0.2, 0.25) is 0 Å². The minimum absolute atomic E-state index is 0.0846. The highest BCUT2D eigenvalue weighted by Gasteiger charge is 2.34. The molecule has 0 spiro atoms. The van der Waals surface area contributed by atoms with Gasteiger partial charge in [0.2, 0.25) is 0 Å². The summed E-state index contributed by atoms with van der Waals surface area (Å²) in [6, 6.07) is 24.8. The lowest BCUT2D eigenvalue weighted by molar-refractivity contribution is 0.0809. The second-order valence-electron chi connectivity index (χ2n) is 13.1. The zero-order chi connectivity index (χ0) is 35.8. The molecule has 0 bridgehead atoms. The Labute approximate surface area is 302 Å². The van der Waals surface area contributed by atoms with Gasteiger partial charge in [-0.1, -0.05) is 42.5 Å². The molecule has 2 amide bonds. The van der Waals surface area contributed by atoms with Crippen LogP contribution in [0.25, 0.3) is 11.1 Å². The molecule has 4 aromatic carbocycles. The first-order valence-electron chi connectivity index (χ1n) is 17.4. The van der Waals surface area contributed by atoms with Crippen molar-refractivity contribution in [1.82, 2.24) is 9.80 Å². The normalized spacial score (nSPS) is 18.4. The summed E-state index contributed by atoms with van der Waals surface area (Å²) >= 11 is 0. The van der Waals surface area contributed by atoms with E-state index in [9.17, 15) is 9.59 Å². The molecule has 4 aliphatic rings. The molecule has 0 saturated carbocycles. The number of benzene rings is 4. The number of hydrogen-bond donors (Lipinski definition) is 0. The molecule has 4 aliphatic heterocycles. The van der Waals surface area contributed by atoms with Gasteiger partial charge in [0.1, 0.15) is 11.5 Å². The molecule has 10 nitrogen and oxygen atoms in total. The van der Waals surface area contributed by atoms with Gasteiger partial charge in [0, 0.05) is 56.2 Å². The molecule has 4 heterocycles. The highest BCUT2D eigenvalue weighted by molar-refractivity contribution is 6.06. The molecule has 0 aliphatic carbocycles. The minimum Gasteiger partial charge on any atom is -0.497 e. The number of fused-ring (bicyclic) bond motifs is 4. The summed E-state index contributed by atoms with van der Waals surface area (Å²) < 4.78 is 23.2. The van der Waals surface area contributed by atoms with Crippen LogP contribution >= 0.6 is 0 Å². The SMILES string of the molecule is COc1ccc(C2=CN3C(=O)c4cc(C)c(OCCCOc5cc6c(cc5OC)C(=O)N5C=C(c7ccccc7)C[C@H]5C=N6)cc4N=C[C@@H]3C2)cc1. The highest BCUT2D eigenvalue weighted by atomic mass is 16.5. The molecular formula is C42H38N4O6. The van der Waals surface area contributed by atoms with Crippen LogP contribution in [0.4, 0.5) is 11.4 Å². The van der Waals surface area contributed by atoms with Gasteiger partial charge >= 0.3 is 0 Å². The third kappa shape index (κ3) is 6.21. The van der Waals surface area contributed by atoms with E-state index < -0.39 is 0 Å². The van der Waals surface area contributed by atoms with Gasteiger partial charge in [0.25, 0.3) is 11.8 Å². The Balaban J connectivity index is 0.898. The predicted molar refractivity (Wildman–Crippen MR) is 201 cm³/mol. The number of aryl methyl sites for hydroxylation is 1. The average molecular weight is 695 g/mol. The summed E-state index contributed by atoms with van der Waals surface area (Å²) in [5.41, 5.74) is 7.33. The molecule has 0 N–H and O–H groups in total. The van der Waals surface area contributed by atoms with Crippen molar-refractivity contribution < 1.29 is 28.5 Å². The summed E-state index contributed by atoms with van der Waals surface area (Å²) in [5, 5.41) is 0. The molecule has 10 heteroatoms. The average Bonchev–Trinajstić information content (AvgIpc) is 3.76. The molecule has 262 valence electrons. The van der Waals surface area contributed by atoms with Crippen LogP contribution in [0.5, 0.6) is 23.0 Å². The van der Waals surface area contributed by atoms with Gasteiger partial charge in [-0.2, -0.15) is 0 Å². The fourth-order valence-corrected chi connectivity index (χ4v) is 7.03. The van der Waals surface area contributed by atoms with Crippen molar-refractivity contribution in [2.45, 2.75) is 38.3 Å². The van der Waals surface area contributed by atoms with Crippen molar-refractivity contribution in [1.29, 1.82) is 0 Å². The van der Waals surface area contributed by atoms with Crippen LogP contribution in [0.3, 0.4) is 0 Å². The van der Waals surface area contributed by atoms with Gasteiger partial charge in [-0.3, -0.25) is 19.6 Å². The van der Waals surface area contributed by atoms with E-state index >= 15 is 0 Å². The van der Waals surface area contributed by atoms with Crippen LogP contribution in [0, 0.1) is 6.92 Å². The van der Waals surface area contributed by atoms with Crippen molar-refractivity contribution in [3.05, 3.63) is 119 Å². The fourth-order valence-electron chi connectivity index (χ4n) is 7.03. The Kier molecular flexibility index (Phi) is 8.80. The van der Waals surface area contributed by atoms with E-state index in [1.54, 1.807) is 36.2 Å². The zero-order valence-corrected chi connectivity index (χ0v) is 29.2. The van der Waals surface area contributed by atoms with Gasteiger partial charge in [0.15, 0.2) is 11.5 Å². The van der Waals surface area contributed by atoms with E-state index in [1.807, 2.05) is 86.4 Å². The van der Waals surface area contributed by atoms with Gasteiger partial charge in [-0.25, -0.2) is 0 Å². The molecule has 0 saturated heterocycles. The summed E-state index contributed by atoms with van der Waals surface area (Å²) in [6.07, 6.45) is 9.50. The number of methoxy groups -OCH3 is 2. The Morgan fingerprint density at radius 2 is 1.21 bits per heavy atom. The van der Waals surface area contributed by atoms with E-state index in [2.05, 4.69) is 12.1 Å². The van der Waals surface area contributed by atoms with E-state index in [0.29, 0.717) is 72.2 Å². The van der Waals surface area contributed by atoms with Crippen LogP contribution in [0.15, 0.2) is 101 Å². The largest absolute Gasteiger partial charge is 0.497 e. The lowest BCUT2D eigenvalue weighted by atomic mass is 10.0. The van der Waals surface area contributed by atoms with Crippen molar-refractivity contribution in [3.8, 4) is 23.0 Å². The number of ether oxygens (including phenoxy) is 4. The third-order valence-electron chi connectivity index (χ3n) is 9.85. The number of carbonyl (C=O) groups is 2. The first-order chi connectivity index (χ1) is 25.4. The van der Waals surface area contributed by atoms with Crippen LogP contribution < -0.4 is 18.9 Å². The smallest absolute Gasteiger partial charge is 0.260 e. The topological polar surface area (TPSA) is 102 Å². The van der Waals surface area contributed by atoms with Gasteiger partial charge < -0.3 is 28.7 Å². The monoisotopic (exact) mass is 694 g/mol. The van der Waals surface area contributed by atoms with Crippen LogP contribution in [0.1, 0.15) is 56.7 Å². The Morgan fingerprint density at radius 3 is 1.81 bits per heavy atom. The van der Waals surface area contributed by atoms with Crippen LogP contribution in [-0.2, 0) is 0 Å². The molecule has 0 fully saturated rings. The third-order valence-corrected chi connectivity index (χ3v) is 9.85. The van der Waals surface area contributed by atoms with E-state index in [4.69, 9.17) is 28.9 Å². The molecular weight excluding hydrogens is 656 g/mol. The first-order valence-corrected chi connectivity index (χ1v) is 17.4. The maximum atomic E-state index is 13.7. The van der Waals surface area contributed by atoms with E-state index in [1.165, 1.54) is 0 Å². The number of nitrogens with zero attached hydrogens (tertiary/aromatic N) is 4. The molecule has 0 radical (unpaired) electrons. The minimum atomic E-state index is -0.158. The molecule has 52 heavy (non-hydrogen) atoms. The zero-order valence-electron chi connectivity index (χ0n) is 29.2. The molecule has 2 atom stereocenters. The number of amides is 2. The summed E-state index contributed by atoms with van der Waals surface area (Å²) in [4.78, 5) is 40.3. The lowest BCUT2D eigenvalue weighted by Gasteiger charge is -2.19. The van der Waals surface area contributed by atoms with E-state index in [-0.39, 0.29) is 23.9 Å². The number of rotatable bonds is 10. The number of hydrogen-bond acceptors (Lipinski definition) is 8. The number of aliphatic imine (C=N–C) groups is 2. The van der Waals surface area contributed by atoms with E-state index in [0.717, 1.165) is 33.6 Å². The fraction of sp³-hybridized carbons (Fsp3) is 0.238. The quantitative estimate of drug-likeness (QED) is 0.157. The second kappa shape index (κ2) is 13.9. The summed E-state index contributed by atoms with van der Waals surface area (Å²) in [5.74, 6) is 2.22. The Morgan fingerprint density at radius 1 is 0.654 bits per heavy atom. The standard InChI is InChI=1S/C42H38N4O6/c1-26-16-34-36(43-22-32-18-30(25-45(32)41(34)47)28-10-12-33(49-2)13-11-28)20-38(26)51-14-7-15-52-40-21-37-35(19-39(40)50-3)42(48)46-24-29(17-31(46)23-44-37)27-8-5-4-6-9-27/h4-6,8-13,16,19-25,31-32H,7,14-15,17-18H2,1-3H3/t31-,32-/m0/s1. The highest BCUT2D eigenvalue weighted by Crippen LogP contribution is 2.40. The lowest BCUT2D eigenvalue weighted by Crippen LogP contribution is -2.32. The van der Waals surface area contributed by atoms with Crippen molar-refractivity contribution >= 4 is 46.8 Å². The van der Waals surface area contributed by atoms with Crippen molar-refractivity contribution in [2.24, 2.45) is 9.98 Å². The Bertz CT molecular complexity index is 2170. The predicted octanol–water partition coefficient (Wildman–Crippen LogP) is 7.80. The molecule has 0 unspecified atom stereocenters. The molecule has 0 aromatic heterocycles. The first kappa shape index (κ1) is 33.0. The van der Waals surface area contributed by atoms with Gasteiger partial charge in [-0.15, -0.1) is 0 Å².